The molecule has 0 aromatic heterocycles. The summed E-state index contributed by atoms with van der Waals surface area (Å²) in [5.74, 6) is 0. The van der Waals surface area contributed by atoms with Crippen molar-refractivity contribution in [2.24, 2.45) is 0 Å². The van der Waals surface area contributed by atoms with Gasteiger partial charge < -0.3 is 82.3 Å². The second-order valence-electron chi connectivity index (χ2n) is 27.4. The molecule has 2 unspecified atom stereocenters. The molecule has 6 saturated heterocycles. The van der Waals surface area contributed by atoms with E-state index < -0.39 is 140 Å². The van der Waals surface area contributed by atoms with E-state index in [1.54, 1.807) is 0 Å². The van der Waals surface area contributed by atoms with Crippen LogP contribution < -0.4 is 41.5 Å². The maximum absolute atomic E-state index is 8.68. The van der Waals surface area contributed by atoms with Crippen LogP contribution in [0, 0.1) is 0 Å². The zero-order valence-corrected chi connectivity index (χ0v) is 73.7. The highest BCUT2D eigenvalue weighted by Gasteiger charge is 2.84. The number of rotatable bonds is 20. The SMILES string of the molecule is C[SiH](O[Si](C)(C)C)O[Si](C)(C)O[Si]1(C)O[Si]2(c3ccccc3)O[Si]3(c4ccccc4)O[Si]4(c5ccccc5)O[Si](C)(O[Si](C)(C)O[SiH](C)O[Si](C)(C)C)O[Si]5(c6ccccc6)O[Si](c6ccccc6)(O[Si](c6ccccc6)(O1)O[Si](c1ccccc1)(O5)O[Si](c1ccccc1)(O2)O4)O3. The lowest BCUT2D eigenvalue weighted by Gasteiger charge is -2.60. The van der Waals surface area contributed by atoms with Crippen molar-refractivity contribution in [3.8, 4) is 0 Å². The zero-order chi connectivity index (χ0) is 69.2. The first-order valence-corrected chi connectivity index (χ1v) is 67.6. The minimum absolute atomic E-state index is 0.414. The zero-order valence-electron chi connectivity index (χ0n) is 57.4. The van der Waals surface area contributed by atoms with Crippen molar-refractivity contribution in [3.63, 3.8) is 0 Å². The smallest absolute Gasteiger partial charge is 0.439 e. The van der Waals surface area contributed by atoms with Crippen LogP contribution in [0.25, 0.3) is 0 Å². The summed E-state index contributed by atoms with van der Waals surface area (Å²) in [4.78, 5) is 0. The van der Waals surface area contributed by atoms with E-state index in [4.69, 9.17) is 82.3 Å². The van der Waals surface area contributed by atoms with Gasteiger partial charge in [-0.05, 0) is 78.6 Å². The third-order valence-electron chi connectivity index (χ3n) is 15.8. The number of hydrogen-bond acceptors (Lipinski definition) is 20. The molecule has 0 spiro atoms. The van der Waals surface area contributed by atoms with Crippen LogP contribution in [0.4, 0.5) is 0 Å². The minimum atomic E-state index is -5.43. The Bertz CT molecular complexity index is 3530. The third-order valence-corrected chi connectivity index (χ3v) is 78.2. The van der Waals surface area contributed by atoms with Crippen molar-refractivity contribution in [2.75, 3.05) is 0 Å². The average molecular weight is 1600 g/mol. The Hall–Kier alpha value is -3.57. The van der Waals surface area contributed by atoms with Crippen molar-refractivity contribution < 1.29 is 82.3 Å². The summed E-state index contributed by atoms with van der Waals surface area (Å²) < 4.78 is 164. The predicted octanol–water partition coefficient (Wildman–Crippen LogP) is 7.07. The minimum Gasteiger partial charge on any atom is -0.439 e. The lowest BCUT2D eigenvalue weighted by molar-refractivity contribution is 0.0133. The molecule has 8 bridgehead atoms. The first kappa shape index (κ1) is 72.8. The Kier molecular flexibility index (Phi) is 20.4. The monoisotopic (exact) mass is 1600 g/mol. The van der Waals surface area contributed by atoms with Gasteiger partial charge in [-0.2, -0.15) is 0 Å². The van der Waals surface area contributed by atoms with Gasteiger partial charge in [0.1, 0.15) is 0 Å². The first-order valence-electron chi connectivity index (χ1n) is 32.7. The molecule has 516 valence electrons. The highest BCUT2D eigenvalue weighted by Crippen LogP contribution is 2.48. The molecule has 0 radical (unpaired) electrons. The fraction of sp³-hybridized carbons (Fsp3) is 0.226. The van der Waals surface area contributed by atoms with Crippen molar-refractivity contribution in [1.29, 1.82) is 0 Å². The van der Waals surface area contributed by atoms with Crippen LogP contribution in [0.3, 0.4) is 0 Å². The Morgan fingerprint density at radius 1 is 0.224 bits per heavy atom. The van der Waals surface area contributed by atoms with Crippen LogP contribution in [0.15, 0.2) is 243 Å². The summed E-state index contributed by atoms with van der Waals surface area (Å²) in [6.07, 6.45) is 0. The first-order chi connectivity index (χ1) is 46.4. The van der Waals surface area contributed by atoms with Gasteiger partial charge in [0.15, 0.2) is 16.6 Å². The van der Waals surface area contributed by atoms with E-state index in [1.807, 2.05) is 295 Å². The number of benzene rings is 8. The number of fused-ring (bicyclic) bond motifs is 4. The standard InChI is InChI=1S/C62H84O20Si16/c1-83(63-85(3,4)5)65-87(9,10)67-89(13)69-91(55-39-23-15-24-40-55)73-95(59-47-31-19-32-48-59)77-93(57-43-27-17-28-44-57)71-90(14,68-88(11,12)66-84(2)64-86(6,7)8)72-94(58-45-29-18-30-46-58)79-97(81-95,61-51-35-21-36-52-61)75-92(70-89,56-41-25-16-26-42-56)76-98(80-94,62-53-37-22-38-54-62)82-96(74-91,78-93)60-49-33-20-34-50-60/h15-54,83-84H,1-14H3. The van der Waals surface area contributed by atoms with E-state index in [9.17, 15) is 0 Å². The van der Waals surface area contributed by atoms with Crippen LogP contribution in [0.1, 0.15) is 0 Å². The Morgan fingerprint density at radius 3 is 0.510 bits per heavy atom. The molecule has 8 aromatic carbocycles. The summed E-state index contributed by atoms with van der Waals surface area (Å²) in [6, 6.07) is 76.2. The lowest BCUT2D eigenvalue weighted by Crippen LogP contribution is -2.93. The third kappa shape index (κ3) is 15.3. The molecule has 98 heavy (non-hydrogen) atoms. The van der Waals surface area contributed by atoms with Crippen molar-refractivity contribution in [3.05, 3.63) is 243 Å². The molecule has 2 atom stereocenters. The molecule has 8 aromatic rings. The lowest BCUT2D eigenvalue weighted by atomic mass is 10.4. The molecular weight excluding hydrogens is 1510 g/mol. The second kappa shape index (κ2) is 27.5. The van der Waals surface area contributed by atoms with E-state index in [1.165, 1.54) is 0 Å². The van der Waals surface area contributed by atoms with Crippen LogP contribution in [-0.2, 0) is 82.3 Å². The fourth-order valence-electron chi connectivity index (χ4n) is 12.7. The highest BCUT2D eigenvalue weighted by atomic mass is 28.6. The van der Waals surface area contributed by atoms with Crippen molar-refractivity contribution >= 4 is 182 Å². The maximum atomic E-state index is 8.68. The summed E-state index contributed by atoms with van der Waals surface area (Å²) in [5, 5.41) is 3.41. The van der Waals surface area contributed by atoms with Gasteiger partial charge in [0.05, 0.1) is 0 Å². The predicted molar refractivity (Wildman–Crippen MR) is 407 cm³/mol. The summed E-state index contributed by atoms with van der Waals surface area (Å²) in [5.41, 5.74) is 0. The van der Waals surface area contributed by atoms with E-state index in [0.29, 0.717) is 41.5 Å². The largest absolute Gasteiger partial charge is 0.515 e. The topological polar surface area (TPSA) is 185 Å². The van der Waals surface area contributed by atoms with Gasteiger partial charge >= 0.3 is 105 Å². The fourth-order valence-corrected chi connectivity index (χ4v) is 91.0. The molecule has 6 fully saturated rings. The normalized spacial score (nSPS) is 32.0. The van der Waals surface area contributed by atoms with Gasteiger partial charge in [-0.15, -0.1) is 0 Å². The van der Waals surface area contributed by atoms with Gasteiger partial charge in [0.25, 0.3) is 18.6 Å². The average Bonchev–Trinajstić information content (AvgIpc) is 0.676. The molecule has 0 N–H and O–H groups in total. The molecular formula is C62H84O20Si16. The maximum Gasteiger partial charge on any atom is 0.515 e. The summed E-state index contributed by atoms with van der Waals surface area (Å²) >= 11 is 0. The molecule has 14 rings (SSSR count). The van der Waals surface area contributed by atoms with Crippen LogP contribution in [-0.4, -0.2) is 140 Å². The number of hydrogen-bond donors (Lipinski definition) is 0. The molecule has 6 heterocycles. The quantitative estimate of drug-likeness (QED) is 0.0706. The van der Waals surface area contributed by atoms with Crippen molar-refractivity contribution in [1.82, 2.24) is 0 Å². The van der Waals surface area contributed by atoms with Crippen LogP contribution >= 0.6 is 0 Å². The van der Waals surface area contributed by atoms with Crippen molar-refractivity contribution in [2.45, 2.75) is 91.7 Å². The molecule has 20 nitrogen and oxygen atoms in total. The second-order valence-corrected chi connectivity index (χ2v) is 77.5. The Labute approximate surface area is 593 Å². The van der Waals surface area contributed by atoms with Gasteiger partial charge in [-0.1, -0.05) is 243 Å². The van der Waals surface area contributed by atoms with Gasteiger partial charge in [-0.3, -0.25) is 0 Å². The summed E-state index contributed by atoms with van der Waals surface area (Å²) in [6.45, 7) is 28.4. The molecule has 36 heteroatoms. The molecule has 0 amide bonds. The van der Waals surface area contributed by atoms with Crippen LogP contribution in [0.2, 0.25) is 91.7 Å². The van der Waals surface area contributed by atoms with Gasteiger partial charge in [0, 0.05) is 54.6 Å². The Balaban J connectivity index is 1.27. The van der Waals surface area contributed by atoms with E-state index in [0.717, 1.165) is 0 Å². The molecule has 0 aliphatic carbocycles. The molecule has 6 aliphatic rings. The highest BCUT2D eigenvalue weighted by molar-refractivity contribution is 7.13. The Morgan fingerprint density at radius 2 is 0.367 bits per heavy atom. The summed E-state index contributed by atoms with van der Waals surface area (Å²) in [7, 11) is -69.2. The van der Waals surface area contributed by atoms with Crippen LogP contribution in [0.5, 0.6) is 0 Å². The van der Waals surface area contributed by atoms with E-state index in [-0.39, 0.29) is 0 Å². The van der Waals surface area contributed by atoms with Gasteiger partial charge in [0.2, 0.25) is 0 Å². The van der Waals surface area contributed by atoms with Gasteiger partial charge in [-0.25, -0.2) is 0 Å². The molecule has 0 saturated carbocycles. The molecule has 6 aliphatic heterocycles. The van der Waals surface area contributed by atoms with E-state index >= 15 is 0 Å². The van der Waals surface area contributed by atoms with E-state index in [2.05, 4.69) is 39.3 Å².